The fourth-order valence-corrected chi connectivity index (χ4v) is 4.54. The predicted octanol–water partition coefficient (Wildman–Crippen LogP) is 5.81. The van der Waals surface area contributed by atoms with Gasteiger partial charge in [-0.2, -0.15) is 5.26 Å². The molecule has 1 aromatic heterocycles. The number of rotatable bonds is 6. The van der Waals surface area contributed by atoms with E-state index < -0.39 is 23.8 Å². The highest BCUT2D eigenvalue weighted by atomic mass is 16.6. The van der Waals surface area contributed by atoms with E-state index in [1.165, 1.54) is 4.90 Å². The molecule has 0 radical (unpaired) electrons. The zero-order valence-corrected chi connectivity index (χ0v) is 22.5. The number of urea groups is 1. The Hall–Kier alpha value is -3.60. The van der Waals surface area contributed by atoms with Crippen molar-refractivity contribution in [3.8, 4) is 17.2 Å². The van der Waals surface area contributed by atoms with Crippen molar-refractivity contribution in [3.63, 3.8) is 0 Å². The number of pyridine rings is 1. The van der Waals surface area contributed by atoms with Gasteiger partial charge in [0.05, 0.1) is 6.07 Å². The molecule has 0 unspecified atom stereocenters. The summed E-state index contributed by atoms with van der Waals surface area (Å²) in [7, 11) is 0. The average Bonchev–Trinajstić information content (AvgIpc) is 2.84. The third kappa shape index (κ3) is 7.69. The van der Waals surface area contributed by atoms with E-state index in [0.717, 1.165) is 48.8 Å². The van der Waals surface area contributed by atoms with Gasteiger partial charge in [-0.3, -0.25) is 4.79 Å². The molecule has 198 valence electrons. The Morgan fingerprint density at radius 2 is 1.70 bits per heavy atom. The van der Waals surface area contributed by atoms with Gasteiger partial charge in [-0.15, -0.1) is 0 Å². The first-order valence-electron chi connectivity index (χ1n) is 13.0. The maximum atomic E-state index is 13.2. The smallest absolute Gasteiger partial charge is 0.418 e. The molecule has 1 saturated carbocycles. The Morgan fingerprint density at radius 3 is 2.27 bits per heavy atom. The molecule has 1 atom stereocenters. The molecular formula is C29H38N4O4. The van der Waals surface area contributed by atoms with Crippen LogP contribution in [-0.4, -0.2) is 39.3 Å². The average molecular weight is 507 g/mol. The summed E-state index contributed by atoms with van der Waals surface area (Å²) in [5.74, 6) is 0. The van der Waals surface area contributed by atoms with E-state index in [-0.39, 0.29) is 17.6 Å². The largest absolute Gasteiger partial charge is 0.443 e. The van der Waals surface area contributed by atoms with Crippen LogP contribution in [-0.2, 0) is 11.2 Å². The van der Waals surface area contributed by atoms with Crippen molar-refractivity contribution >= 4 is 12.1 Å². The van der Waals surface area contributed by atoms with Crippen LogP contribution in [0.4, 0.5) is 9.59 Å². The van der Waals surface area contributed by atoms with Gasteiger partial charge in [0.2, 0.25) is 0 Å². The molecule has 1 aliphatic carbocycles. The molecular weight excluding hydrogens is 468 g/mol. The Kier molecular flexibility index (Phi) is 9.14. The van der Waals surface area contributed by atoms with Gasteiger partial charge in [-0.25, -0.2) is 14.5 Å². The number of amides is 3. The lowest BCUT2D eigenvalue weighted by molar-refractivity contribution is 0.0220. The minimum atomic E-state index is -0.810. The van der Waals surface area contributed by atoms with Gasteiger partial charge in [0.25, 0.3) is 5.56 Å². The fraction of sp³-hybridized carbons (Fsp3) is 0.517. The standard InChI is InChI=1S/C29H38N4O4/c1-20(2)32-19-23(15-16-26(32)34)22-13-11-21(12-14-22)17-24(18-30)31-27(35)33(25-9-7-6-8-10-25)28(36)37-29(3,4)5/h11-16,19-20,24-25H,6-10,17H2,1-5H3,(H,31,35)/t24-/m0/s1. The molecule has 1 N–H and O–H groups in total. The summed E-state index contributed by atoms with van der Waals surface area (Å²) in [6, 6.07) is 11.6. The van der Waals surface area contributed by atoms with Crippen molar-refractivity contribution in [2.75, 3.05) is 0 Å². The highest BCUT2D eigenvalue weighted by Gasteiger charge is 2.35. The third-order valence-corrected chi connectivity index (χ3v) is 6.42. The van der Waals surface area contributed by atoms with Gasteiger partial charge < -0.3 is 14.6 Å². The van der Waals surface area contributed by atoms with E-state index in [1.807, 2.05) is 44.3 Å². The van der Waals surface area contributed by atoms with Crippen molar-refractivity contribution in [2.24, 2.45) is 0 Å². The topological polar surface area (TPSA) is 104 Å². The number of imide groups is 1. The summed E-state index contributed by atoms with van der Waals surface area (Å²) >= 11 is 0. The number of hydrogen-bond donors (Lipinski definition) is 1. The van der Waals surface area contributed by atoms with Crippen LogP contribution in [0.15, 0.2) is 47.4 Å². The van der Waals surface area contributed by atoms with Gasteiger partial charge in [0.1, 0.15) is 11.6 Å². The summed E-state index contributed by atoms with van der Waals surface area (Å²) in [5.41, 5.74) is 1.96. The number of nitrogens with one attached hydrogen (secondary N) is 1. The van der Waals surface area contributed by atoms with E-state index in [1.54, 1.807) is 37.5 Å². The number of benzene rings is 1. The highest BCUT2D eigenvalue weighted by Crippen LogP contribution is 2.25. The minimum Gasteiger partial charge on any atom is -0.443 e. The lowest BCUT2D eigenvalue weighted by Gasteiger charge is -2.34. The molecule has 1 aromatic carbocycles. The van der Waals surface area contributed by atoms with E-state index in [2.05, 4.69) is 11.4 Å². The molecule has 8 nitrogen and oxygen atoms in total. The van der Waals surface area contributed by atoms with Gasteiger partial charge in [-0.05, 0) is 70.2 Å². The molecule has 0 aliphatic heterocycles. The van der Waals surface area contributed by atoms with Crippen molar-refractivity contribution in [2.45, 2.75) is 96.9 Å². The maximum absolute atomic E-state index is 13.2. The number of hydrogen-bond acceptors (Lipinski definition) is 5. The monoisotopic (exact) mass is 506 g/mol. The Balaban J connectivity index is 1.72. The Morgan fingerprint density at radius 1 is 1.08 bits per heavy atom. The van der Waals surface area contributed by atoms with Crippen molar-refractivity contribution in [3.05, 3.63) is 58.5 Å². The third-order valence-electron chi connectivity index (χ3n) is 6.42. The molecule has 0 saturated heterocycles. The number of nitrogens with zero attached hydrogens (tertiary/aromatic N) is 3. The first-order chi connectivity index (χ1) is 17.5. The molecule has 1 fully saturated rings. The lowest BCUT2D eigenvalue weighted by atomic mass is 9.94. The maximum Gasteiger partial charge on any atom is 0.418 e. The molecule has 0 bridgehead atoms. The second-order valence-electron chi connectivity index (χ2n) is 10.9. The SMILES string of the molecule is CC(C)n1cc(-c2ccc(C[C@@H](C#N)NC(=O)N(C(=O)OC(C)(C)C)C3CCCCC3)cc2)ccc1=O. The van der Waals surface area contributed by atoms with Gasteiger partial charge in [-0.1, -0.05) is 43.5 Å². The number of nitriles is 1. The molecule has 2 aromatic rings. The molecule has 3 amide bonds. The van der Waals surface area contributed by atoms with Crippen LogP contribution in [0.5, 0.6) is 0 Å². The lowest BCUT2D eigenvalue weighted by Crippen LogP contribution is -2.53. The molecule has 8 heteroatoms. The van der Waals surface area contributed by atoms with Gasteiger partial charge >= 0.3 is 12.1 Å². The summed E-state index contributed by atoms with van der Waals surface area (Å²) in [6.45, 7) is 9.22. The van der Waals surface area contributed by atoms with E-state index in [4.69, 9.17) is 4.74 Å². The molecule has 0 spiro atoms. The number of carbonyl (C=O) groups excluding carboxylic acids is 2. The number of ether oxygens (including phenoxy) is 1. The summed E-state index contributed by atoms with van der Waals surface area (Å²) in [4.78, 5) is 39.4. The molecule has 1 aliphatic rings. The van der Waals surface area contributed by atoms with E-state index in [0.29, 0.717) is 6.42 Å². The number of aromatic nitrogens is 1. The second kappa shape index (κ2) is 12.1. The van der Waals surface area contributed by atoms with E-state index in [9.17, 15) is 19.6 Å². The first kappa shape index (κ1) is 28.0. The van der Waals surface area contributed by atoms with Crippen molar-refractivity contribution < 1.29 is 14.3 Å². The summed E-state index contributed by atoms with van der Waals surface area (Å²) in [5, 5.41) is 12.5. The fourth-order valence-electron chi connectivity index (χ4n) is 4.54. The van der Waals surface area contributed by atoms with Crippen LogP contribution >= 0.6 is 0 Å². The Bertz CT molecular complexity index is 1180. The zero-order chi connectivity index (χ0) is 27.2. The van der Waals surface area contributed by atoms with Crippen molar-refractivity contribution in [1.29, 1.82) is 5.26 Å². The van der Waals surface area contributed by atoms with Gasteiger partial charge in [0.15, 0.2) is 0 Å². The Labute approximate surface area is 219 Å². The van der Waals surface area contributed by atoms with Crippen LogP contribution in [0.25, 0.3) is 11.1 Å². The summed E-state index contributed by atoms with van der Waals surface area (Å²) < 4.78 is 7.20. The minimum absolute atomic E-state index is 0.0448. The van der Waals surface area contributed by atoms with Crippen LogP contribution in [0, 0.1) is 11.3 Å². The van der Waals surface area contributed by atoms with Crippen molar-refractivity contribution in [1.82, 2.24) is 14.8 Å². The zero-order valence-electron chi connectivity index (χ0n) is 22.5. The van der Waals surface area contributed by atoms with Crippen LogP contribution in [0.3, 0.4) is 0 Å². The highest BCUT2D eigenvalue weighted by molar-refractivity contribution is 5.91. The number of carbonyl (C=O) groups is 2. The van der Waals surface area contributed by atoms with Gasteiger partial charge in [0, 0.05) is 30.8 Å². The molecule has 3 rings (SSSR count). The summed E-state index contributed by atoms with van der Waals surface area (Å²) in [6.07, 6.45) is 5.89. The second-order valence-corrected chi connectivity index (χ2v) is 10.9. The van der Waals surface area contributed by atoms with Crippen LogP contribution in [0.1, 0.15) is 78.3 Å². The molecule has 1 heterocycles. The molecule has 37 heavy (non-hydrogen) atoms. The normalized spacial score (nSPS) is 15.1. The predicted molar refractivity (Wildman–Crippen MR) is 143 cm³/mol. The first-order valence-corrected chi connectivity index (χ1v) is 13.0. The quantitative estimate of drug-likeness (QED) is 0.532. The van der Waals surface area contributed by atoms with E-state index >= 15 is 0 Å². The van der Waals surface area contributed by atoms with Crippen LogP contribution < -0.4 is 10.9 Å². The van der Waals surface area contributed by atoms with Crippen LogP contribution in [0.2, 0.25) is 0 Å².